The van der Waals surface area contributed by atoms with Crippen LogP contribution in [0.25, 0.3) is 0 Å². The third-order valence-electron chi connectivity index (χ3n) is 5.42. The van der Waals surface area contributed by atoms with Gasteiger partial charge in [-0.1, -0.05) is 68.6 Å². The Morgan fingerprint density at radius 1 is 1.25 bits per heavy atom. The third-order valence-corrected chi connectivity index (χ3v) is 6.54. The lowest BCUT2D eigenvalue weighted by molar-refractivity contribution is -0.117. The number of carbonyl (C=O) groups excluding carboxylic acids is 1. The predicted molar refractivity (Wildman–Crippen MR) is 116 cm³/mol. The summed E-state index contributed by atoms with van der Waals surface area (Å²) in [7, 11) is 0. The molecule has 0 aliphatic heterocycles. The van der Waals surface area contributed by atoms with Gasteiger partial charge in [-0.2, -0.15) is 4.98 Å². The van der Waals surface area contributed by atoms with Crippen LogP contribution in [0, 0.1) is 5.92 Å². The molecule has 1 saturated carbocycles. The molecule has 1 unspecified atom stereocenters. The Kier molecular flexibility index (Phi) is 7.71. The normalized spacial score (nSPS) is 15.9. The monoisotopic (exact) mass is 401 g/mol. The second kappa shape index (κ2) is 10.5. The molecule has 0 saturated heterocycles. The molecule has 1 heterocycles. The molecule has 152 valence electrons. The first-order chi connectivity index (χ1) is 13.7. The first-order valence-electron chi connectivity index (χ1n) is 10.5. The van der Waals surface area contributed by atoms with Crippen LogP contribution in [0.15, 0.2) is 30.3 Å². The van der Waals surface area contributed by atoms with E-state index in [0.29, 0.717) is 22.3 Å². The van der Waals surface area contributed by atoms with E-state index >= 15 is 0 Å². The van der Waals surface area contributed by atoms with Crippen LogP contribution >= 0.6 is 11.3 Å². The molecule has 1 atom stereocenters. The highest BCUT2D eigenvalue weighted by molar-refractivity contribution is 7.16. The fraction of sp³-hybridized carbons (Fsp3) is 0.545. The molecule has 1 aliphatic rings. The summed E-state index contributed by atoms with van der Waals surface area (Å²) in [6, 6.07) is 9.46. The van der Waals surface area contributed by atoms with Crippen molar-refractivity contribution in [2.75, 3.05) is 17.2 Å². The molecular weight excluding hydrogens is 370 g/mol. The van der Waals surface area contributed by atoms with Gasteiger partial charge in [-0.15, -0.1) is 0 Å². The van der Waals surface area contributed by atoms with Crippen LogP contribution in [0.5, 0.6) is 5.88 Å². The van der Waals surface area contributed by atoms with Crippen LogP contribution in [0.1, 0.15) is 69.1 Å². The summed E-state index contributed by atoms with van der Waals surface area (Å²) in [6.45, 7) is 3.00. The van der Waals surface area contributed by atoms with Gasteiger partial charge in [0.15, 0.2) is 5.13 Å². The van der Waals surface area contributed by atoms with Gasteiger partial charge in [0, 0.05) is 12.2 Å². The van der Waals surface area contributed by atoms with Crippen molar-refractivity contribution in [3.8, 4) is 5.88 Å². The van der Waals surface area contributed by atoms with E-state index in [1.54, 1.807) is 0 Å². The number of amides is 1. The maximum Gasteiger partial charge on any atom is 0.232 e. The molecular formula is C22H31N3O2S. The summed E-state index contributed by atoms with van der Waals surface area (Å²) in [6.07, 6.45) is 9.10. The first kappa shape index (κ1) is 20.6. The second-order valence-corrected chi connectivity index (χ2v) is 8.67. The van der Waals surface area contributed by atoms with Gasteiger partial charge in [-0.3, -0.25) is 4.79 Å². The van der Waals surface area contributed by atoms with E-state index in [4.69, 9.17) is 0 Å². The molecule has 2 aromatic rings. The van der Waals surface area contributed by atoms with Crippen molar-refractivity contribution in [2.45, 2.75) is 64.2 Å². The van der Waals surface area contributed by atoms with Gasteiger partial charge < -0.3 is 15.7 Å². The number of aromatic hydroxyl groups is 1. The quantitative estimate of drug-likeness (QED) is 0.500. The van der Waals surface area contributed by atoms with Crippen molar-refractivity contribution in [1.29, 1.82) is 0 Å². The Labute approximate surface area is 171 Å². The molecule has 1 fully saturated rings. The lowest BCUT2D eigenvalue weighted by atomic mass is 9.89. The standard InChI is InChI=1S/C22H31N3O2S/c1-2-3-14-18(20(26)24-17-12-8-5-9-13-17)19-21(27)25-22(28-19)23-15-16-10-6-4-7-11-16/h5,8-9,12-13,16,18,27H,2-4,6-7,10-11,14-15H2,1H3,(H,23,25)(H,24,26). The summed E-state index contributed by atoms with van der Waals surface area (Å²) in [5, 5.41) is 17.5. The van der Waals surface area contributed by atoms with Crippen LogP contribution in [-0.4, -0.2) is 22.5 Å². The molecule has 28 heavy (non-hydrogen) atoms. The van der Waals surface area contributed by atoms with Gasteiger partial charge in [-0.25, -0.2) is 0 Å². The van der Waals surface area contributed by atoms with Gasteiger partial charge in [0.05, 0.1) is 10.8 Å². The molecule has 5 nitrogen and oxygen atoms in total. The fourth-order valence-corrected chi connectivity index (χ4v) is 4.79. The highest BCUT2D eigenvalue weighted by Gasteiger charge is 2.27. The van der Waals surface area contributed by atoms with Crippen LogP contribution in [0.3, 0.4) is 0 Å². The van der Waals surface area contributed by atoms with E-state index in [1.165, 1.54) is 43.4 Å². The molecule has 0 spiro atoms. The molecule has 1 amide bonds. The number of rotatable bonds is 9. The van der Waals surface area contributed by atoms with Gasteiger partial charge in [0.1, 0.15) is 0 Å². The number of hydrogen-bond donors (Lipinski definition) is 3. The van der Waals surface area contributed by atoms with Crippen molar-refractivity contribution in [3.05, 3.63) is 35.2 Å². The van der Waals surface area contributed by atoms with Crippen LogP contribution in [0.4, 0.5) is 10.8 Å². The largest absolute Gasteiger partial charge is 0.492 e. The minimum atomic E-state index is -0.386. The number of para-hydroxylation sites is 1. The van der Waals surface area contributed by atoms with Gasteiger partial charge in [-0.05, 0) is 37.3 Å². The first-order valence-corrected chi connectivity index (χ1v) is 11.3. The number of unbranched alkanes of at least 4 members (excludes halogenated alkanes) is 1. The van der Waals surface area contributed by atoms with E-state index in [2.05, 4.69) is 22.5 Å². The van der Waals surface area contributed by atoms with Gasteiger partial charge in [0.25, 0.3) is 0 Å². The summed E-state index contributed by atoms with van der Waals surface area (Å²) in [5.41, 5.74) is 0.772. The van der Waals surface area contributed by atoms with E-state index < -0.39 is 0 Å². The number of nitrogens with zero attached hydrogens (tertiary/aromatic N) is 1. The number of benzene rings is 1. The molecule has 3 N–H and O–H groups in total. The highest BCUT2D eigenvalue weighted by Crippen LogP contribution is 2.38. The zero-order valence-corrected chi connectivity index (χ0v) is 17.4. The predicted octanol–water partition coefficient (Wildman–Crippen LogP) is 5.75. The number of anilines is 2. The Hall–Kier alpha value is -2.08. The van der Waals surface area contributed by atoms with Crippen molar-refractivity contribution < 1.29 is 9.90 Å². The summed E-state index contributed by atoms with van der Waals surface area (Å²) in [4.78, 5) is 17.9. The molecule has 6 heteroatoms. The zero-order chi connectivity index (χ0) is 19.8. The van der Waals surface area contributed by atoms with E-state index in [0.717, 1.165) is 25.1 Å². The van der Waals surface area contributed by atoms with Crippen molar-refractivity contribution in [2.24, 2.45) is 5.92 Å². The summed E-state index contributed by atoms with van der Waals surface area (Å²) in [5.74, 6) is 0.196. The van der Waals surface area contributed by atoms with E-state index in [-0.39, 0.29) is 17.7 Å². The van der Waals surface area contributed by atoms with Crippen LogP contribution in [0.2, 0.25) is 0 Å². The van der Waals surface area contributed by atoms with Crippen LogP contribution in [-0.2, 0) is 4.79 Å². The molecule has 0 radical (unpaired) electrons. The Morgan fingerprint density at radius 2 is 2.00 bits per heavy atom. The molecule has 0 bridgehead atoms. The lowest BCUT2D eigenvalue weighted by Gasteiger charge is -2.21. The lowest BCUT2D eigenvalue weighted by Crippen LogP contribution is -2.20. The maximum atomic E-state index is 12.9. The van der Waals surface area contributed by atoms with Gasteiger partial charge >= 0.3 is 0 Å². The average molecular weight is 402 g/mol. The Balaban J connectivity index is 1.68. The molecule has 1 aromatic heterocycles. The minimum Gasteiger partial charge on any atom is -0.492 e. The highest BCUT2D eigenvalue weighted by atomic mass is 32.1. The maximum absolute atomic E-state index is 12.9. The molecule has 3 rings (SSSR count). The Bertz CT molecular complexity index is 741. The van der Waals surface area contributed by atoms with Crippen LogP contribution < -0.4 is 10.6 Å². The number of thiazole rings is 1. The average Bonchev–Trinajstić information content (AvgIpc) is 3.09. The topological polar surface area (TPSA) is 74.2 Å². The SMILES string of the molecule is CCCCC(C(=O)Nc1ccccc1)c1sc(NCC2CCCCC2)nc1O. The number of hydrogen-bond acceptors (Lipinski definition) is 5. The number of nitrogens with one attached hydrogen (secondary N) is 2. The second-order valence-electron chi connectivity index (χ2n) is 7.64. The fourth-order valence-electron chi connectivity index (χ4n) is 3.79. The van der Waals surface area contributed by atoms with E-state index in [9.17, 15) is 9.90 Å². The Morgan fingerprint density at radius 3 is 2.71 bits per heavy atom. The smallest absolute Gasteiger partial charge is 0.232 e. The minimum absolute atomic E-state index is 0.0135. The molecule has 1 aromatic carbocycles. The summed E-state index contributed by atoms with van der Waals surface area (Å²) >= 11 is 1.41. The molecule has 1 aliphatic carbocycles. The van der Waals surface area contributed by atoms with Crippen molar-refractivity contribution >= 4 is 28.1 Å². The van der Waals surface area contributed by atoms with Crippen molar-refractivity contribution in [1.82, 2.24) is 4.98 Å². The number of carbonyl (C=O) groups is 1. The van der Waals surface area contributed by atoms with E-state index in [1.807, 2.05) is 30.3 Å². The summed E-state index contributed by atoms with van der Waals surface area (Å²) < 4.78 is 0. The number of aromatic nitrogens is 1. The van der Waals surface area contributed by atoms with Crippen molar-refractivity contribution in [3.63, 3.8) is 0 Å². The third kappa shape index (κ3) is 5.71. The zero-order valence-electron chi connectivity index (χ0n) is 16.6. The van der Waals surface area contributed by atoms with Gasteiger partial charge in [0.2, 0.25) is 11.8 Å².